The van der Waals surface area contributed by atoms with Crippen LogP contribution < -0.4 is 26.2 Å². The van der Waals surface area contributed by atoms with E-state index in [0.29, 0.717) is 5.56 Å². The minimum absolute atomic E-state index is 0.0445. The van der Waals surface area contributed by atoms with Crippen molar-refractivity contribution in [2.24, 2.45) is 0 Å². The van der Waals surface area contributed by atoms with Crippen molar-refractivity contribution in [2.45, 2.75) is 19.3 Å². The van der Waals surface area contributed by atoms with E-state index < -0.39 is 0 Å². The molecule has 0 bridgehead atoms. The van der Waals surface area contributed by atoms with E-state index in [1.165, 1.54) is 38.9 Å². The number of fused-ring (bicyclic) bond motifs is 6. The monoisotopic (exact) mass is 554 g/mol. The lowest BCUT2D eigenvalue weighted by atomic mass is 9.33. The highest BCUT2D eigenvalue weighted by Gasteiger charge is 2.48. The van der Waals surface area contributed by atoms with Crippen LogP contribution in [0.15, 0.2) is 133 Å². The van der Waals surface area contributed by atoms with Crippen molar-refractivity contribution in [1.82, 2.24) is 0 Å². The fraction of sp³-hybridized carbons (Fsp3) is 0.0769. The second kappa shape index (κ2) is 8.72. The van der Waals surface area contributed by atoms with Crippen LogP contribution >= 0.6 is 0 Å². The molecule has 0 amide bonds. The van der Waals surface area contributed by atoms with Gasteiger partial charge in [0, 0.05) is 39.4 Å². The topological polar surface area (TPSA) is 6.48 Å². The SMILES string of the molecule is CC1(C)c2ccccc2N2c3cc(-c4ccccc4F)cc4c3B(c3ccccc3N4c3ccccc3)c3cccc1c32. The molecule has 0 saturated carbocycles. The average Bonchev–Trinajstić information content (AvgIpc) is 3.04. The van der Waals surface area contributed by atoms with Crippen molar-refractivity contribution in [3.63, 3.8) is 0 Å². The summed E-state index contributed by atoms with van der Waals surface area (Å²) >= 11 is 0. The molecule has 0 spiro atoms. The molecule has 0 N–H and O–H groups in total. The van der Waals surface area contributed by atoms with Gasteiger partial charge in [-0.3, -0.25) is 0 Å². The maximum Gasteiger partial charge on any atom is 0.252 e. The normalized spacial score (nSPS) is 14.9. The first-order chi connectivity index (χ1) is 21.0. The van der Waals surface area contributed by atoms with Crippen LogP contribution in [0.3, 0.4) is 0 Å². The Morgan fingerprint density at radius 1 is 0.558 bits per heavy atom. The maximum absolute atomic E-state index is 15.5. The Hall–Kier alpha value is -5.09. The highest BCUT2D eigenvalue weighted by Crippen LogP contribution is 2.54. The molecular weight excluding hydrogens is 526 g/mol. The molecule has 0 atom stereocenters. The first-order valence-corrected chi connectivity index (χ1v) is 14.9. The third-order valence-electron chi connectivity index (χ3n) is 9.69. The van der Waals surface area contributed by atoms with Crippen molar-refractivity contribution in [2.75, 3.05) is 9.80 Å². The lowest BCUT2D eigenvalue weighted by Crippen LogP contribution is -2.62. The second-order valence-electron chi connectivity index (χ2n) is 12.3. The third-order valence-corrected chi connectivity index (χ3v) is 9.69. The maximum atomic E-state index is 15.5. The Bertz CT molecular complexity index is 2100. The van der Waals surface area contributed by atoms with Crippen LogP contribution in [-0.4, -0.2) is 6.71 Å². The minimum Gasteiger partial charge on any atom is -0.311 e. The highest BCUT2D eigenvalue weighted by atomic mass is 19.1. The van der Waals surface area contributed by atoms with Gasteiger partial charge < -0.3 is 9.80 Å². The van der Waals surface area contributed by atoms with Crippen molar-refractivity contribution in [1.29, 1.82) is 0 Å². The molecule has 204 valence electrons. The first-order valence-electron chi connectivity index (χ1n) is 14.9. The van der Waals surface area contributed by atoms with Gasteiger partial charge in [0.1, 0.15) is 5.82 Å². The lowest BCUT2D eigenvalue weighted by molar-refractivity contribution is 0.631. The van der Waals surface area contributed by atoms with E-state index in [0.717, 1.165) is 28.3 Å². The summed E-state index contributed by atoms with van der Waals surface area (Å²) < 4.78 is 15.5. The van der Waals surface area contributed by atoms with Crippen LogP contribution in [0.25, 0.3) is 11.1 Å². The number of rotatable bonds is 2. The lowest BCUT2D eigenvalue weighted by Gasteiger charge is -2.49. The molecule has 43 heavy (non-hydrogen) atoms. The summed E-state index contributed by atoms with van der Waals surface area (Å²) in [7, 11) is 0. The van der Waals surface area contributed by atoms with Crippen LogP contribution in [0, 0.1) is 5.82 Å². The molecule has 9 rings (SSSR count). The number of nitrogens with zero attached hydrogens (tertiary/aromatic N) is 2. The van der Waals surface area contributed by atoms with Crippen LogP contribution in [0.5, 0.6) is 0 Å². The van der Waals surface area contributed by atoms with Crippen LogP contribution in [-0.2, 0) is 5.41 Å². The van der Waals surface area contributed by atoms with E-state index in [2.05, 4.69) is 133 Å². The van der Waals surface area contributed by atoms with Gasteiger partial charge >= 0.3 is 0 Å². The van der Waals surface area contributed by atoms with Gasteiger partial charge in [-0.2, -0.15) is 0 Å². The molecule has 3 aliphatic heterocycles. The number of para-hydroxylation sites is 4. The second-order valence-corrected chi connectivity index (χ2v) is 12.3. The molecule has 0 saturated heterocycles. The fourth-order valence-corrected chi connectivity index (χ4v) is 7.80. The van der Waals surface area contributed by atoms with Gasteiger partial charge in [-0.1, -0.05) is 105 Å². The zero-order chi connectivity index (χ0) is 28.9. The summed E-state index contributed by atoms with van der Waals surface area (Å²) in [4.78, 5) is 4.83. The predicted octanol–water partition coefficient (Wildman–Crippen LogP) is 8.21. The molecule has 3 aliphatic rings. The Balaban J connectivity index is 1.46. The number of hydrogen-bond acceptors (Lipinski definition) is 2. The van der Waals surface area contributed by atoms with Gasteiger partial charge in [-0.05, 0) is 75.5 Å². The average molecular weight is 554 g/mol. The van der Waals surface area contributed by atoms with Gasteiger partial charge in [-0.25, -0.2) is 4.39 Å². The molecule has 0 fully saturated rings. The highest BCUT2D eigenvalue weighted by molar-refractivity contribution is 7.00. The molecule has 6 aromatic rings. The van der Waals surface area contributed by atoms with Gasteiger partial charge in [-0.15, -0.1) is 0 Å². The van der Waals surface area contributed by atoms with Crippen molar-refractivity contribution in [3.05, 3.63) is 150 Å². The third kappa shape index (κ3) is 3.24. The van der Waals surface area contributed by atoms with Gasteiger partial charge in [0.05, 0.1) is 5.69 Å². The molecular formula is C39H28BFN2. The Morgan fingerprint density at radius 2 is 1.19 bits per heavy atom. The summed E-state index contributed by atoms with van der Waals surface area (Å²) in [6, 6.07) is 46.5. The Morgan fingerprint density at radius 3 is 2.00 bits per heavy atom. The summed E-state index contributed by atoms with van der Waals surface area (Å²) in [5.41, 5.74) is 14.6. The van der Waals surface area contributed by atoms with Gasteiger partial charge in [0.2, 0.25) is 0 Å². The largest absolute Gasteiger partial charge is 0.311 e. The Kier molecular flexibility index (Phi) is 4.97. The van der Waals surface area contributed by atoms with E-state index >= 15 is 4.39 Å². The fourth-order valence-electron chi connectivity index (χ4n) is 7.80. The summed E-state index contributed by atoms with van der Waals surface area (Å²) in [6.45, 7) is 4.71. The minimum atomic E-state index is -0.217. The van der Waals surface area contributed by atoms with E-state index in [1.54, 1.807) is 12.1 Å². The number of anilines is 6. The van der Waals surface area contributed by atoms with Crippen LogP contribution in [0.1, 0.15) is 25.0 Å². The Labute approximate surface area is 251 Å². The van der Waals surface area contributed by atoms with E-state index in [-0.39, 0.29) is 17.9 Å². The van der Waals surface area contributed by atoms with Gasteiger partial charge in [0.25, 0.3) is 6.71 Å². The molecule has 0 radical (unpaired) electrons. The summed E-state index contributed by atoms with van der Waals surface area (Å²) in [6.07, 6.45) is 0. The molecule has 3 heterocycles. The summed E-state index contributed by atoms with van der Waals surface area (Å²) in [5, 5.41) is 0. The molecule has 0 aromatic heterocycles. The van der Waals surface area contributed by atoms with E-state index in [4.69, 9.17) is 0 Å². The number of benzene rings is 6. The first kappa shape index (κ1) is 24.5. The number of hydrogen-bond donors (Lipinski definition) is 0. The molecule has 0 unspecified atom stereocenters. The molecule has 0 aliphatic carbocycles. The van der Waals surface area contributed by atoms with Crippen molar-refractivity contribution in [3.8, 4) is 11.1 Å². The zero-order valence-corrected chi connectivity index (χ0v) is 24.1. The smallest absolute Gasteiger partial charge is 0.252 e. The van der Waals surface area contributed by atoms with Crippen molar-refractivity contribution < 1.29 is 4.39 Å². The van der Waals surface area contributed by atoms with E-state index in [1.807, 2.05) is 12.1 Å². The molecule has 4 heteroatoms. The predicted molar refractivity (Wildman–Crippen MR) is 178 cm³/mol. The van der Waals surface area contributed by atoms with Gasteiger partial charge in [0.15, 0.2) is 0 Å². The van der Waals surface area contributed by atoms with Crippen LogP contribution in [0.2, 0.25) is 0 Å². The van der Waals surface area contributed by atoms with E-state index in [9.17, 15) is 0 Å². The quantitative estimate of drug-likeness (QED) is 0.199. The molecule has 2 nitrogen and oxygen atoms in total. The zero-order valence-electron chi connectivity index (χ0n) is 24.1. The van der Waals surface area contributed by atoms with Crippen molar-refractivity contribution >= 4 is 57.2 Å². The number of halogens is 1. The summed E-state index contributed by atoms with van der Waals surface area (Å²) in [5.74, 6) is -0.217. The molecule has 6 aromatic carbocycles. The van der Waals surface area contributed by atoms with Crippen LogP contribution in [0.4, 0.5) is 38.5 Å². The standard InChI is InChI=1S/C39H28BFN2/c1-39(2)28-16-7-10-21-33(28)43-36-24-25(27-15-6-9-20-32(27)41)23-35-37(36)40(31-19-12-17-29(39)38(31)43)30-18-8-11-22-34(30)42(35)26-13-4-3-5-14-26/h3-24H,1-2H3.